The third-order valence-corrected chi connectivity index (χ3v) is 6.50. The largest absolute Gasteiger partial charge is 0.388 e. The molecule has 0 spiro atoms. The van der Waals surface area contributed by atoms with Gasteiger partial charge in [-0.05, 0) is 49.9 Å². The smallest absolute Gasteiger partial charge is 0.317 e. The lowest BCUT2D eigenvalue weighted by molar-refractivity contribution is 0.179. The molecule has 2 N–H and O–H groups in total. The minimum absolute atomic E-state index is 0.0659. The molecular formula is C19H29N5O2. The van der Waals surface area contributed by atoms with E-state index in [1.165, 1.54) is 12.8 Å². The van der Waals surface area contributed by atoms with E-state index in [0.717, 1.165) is 62.5 Å². The predicted molar refractivity (Wildman–Crippen MR) is 97.3 cm³/mol. The number of likely N-dealkylation sites (tertiary alicyclic amines) is 1. The fourth-order valence-electron chi connectivity index (χ4n) is 4.91. The number of amides is 2. The van der Waals surface area contributed by atoms with Gasteiger partial charge >= 0.3 is 6.03 Å². The number of allylic oxidation sites excluding steroid dienone is 2. The number of piperidine rings is 1. The average molecular weight is 359 g/mol. The summed E-state index contributed by atoms with van der Waals surface area (Å²) in [5, 5.41) is 20.6. The van der Waals surface area contributed by atoms with Gasteiger partial charge in [0.1, 0.15) is 12.4 Å². The molecule has 2 aliphatic carbocycles. The first-order valence-electron chi connectivity index (χ1n) is 9.85. The van der Waals surface area contributed by atoms with E-state index in [0.29, 0.717) is 11.7 Å². The maximum atomic E-state index is 12.4. The highest BCUT2D eigenvalue weighted by Gasteiger charge is 2.35. The molecule has 2 heterocycles. The Labute approximate surface area is 154 Å². The number of rotatable bonds is 5. The van der Waals surface area contributed by atoms with Crippen LogP contribution in [-0.4, -0.2) is 50.4 Å². The number of carbonyl (C=O) groups excluding carboxylic acids is 1. The summed E-state index contributed by atoms with van der Waals surface area (Å²) in [5.41, 5.74) is 0. The summed E-state index contributed by atoms with van der Waals surface area (Å²) in [6.45, 7) is 2.18. The SMILES string of the molecule is Cn1c(CO)nnc1C1CCN(C(=O)NCCC2CC3C=CC2C3)CC1. The highest BCUT2D eigenvalue weighted by Crippen LogP contribution is 2.44. The second kappa shape index (κ2) is 7.39. The summed E-state index contributed by atoms with van der Waals surface area (Å²) in [4.78, 5) is 14.3. The van der Waals surface area contributed by atoms with Crippen molar-refractivity contribution >= 4 is 6.03 Å². The molecule has 0 aromatic carbocycles. The number of aromatic nitrogens is 3. The quantitative estimate of drug-likeness (QED) is 0.785. The van der Waals surface area contributed by atoms with Gasteiger partial charge in [0, 0.05) is 32.6 Å². The third-order valence-electron chi connectivity index (χ3n) is 6.50. The van der Waals surface area contributed by atoms with Crippen LogP contribution in [0, 0.1) is 17.8 Å². The Kier molecular flexibility index (Phi) is 4.98. The van der Waals surface area contributed by atoms with Crippen LogP contribution in [0.1, 0.15) is 49.7 Å². The van der Waals surface area contributed by atoms with Crippen molar-refractivity contribution in [3.05, 3.63) is 23.8 Å². The number of aliphatic hydroxyl groups is 1. The zero-order chi connectivity index (χ0) is 18.1. The fraction of sp³-hybridized carbons (Fsp3) is 0.737. The molecule has 142 valence electrons. The van der Waals surface area contributed by atoms with E-state index in [4.69, 9.17) is 0 Å². The van der Waals surface area contributed by atoms with Gasteiger partial charge in [0.15, 0.2) is 5.82 Å². The van der Waals surface area contributed by atoms with Gasteiger partial charge in [-0.1, -0.05) is 12.2 Å². The van der Waals surface area contributed by atoms with Crippen LogP contribution < -0.4 is 5.32 Å². The maximum Gasteiger partial charge on any atom is 0.317 e. The molecule has 1 aliphatic heterocycles. The van der Waals surface area contributed by atoms with Crippen molar-refractivity contribution < 1.29 is 9.90 Å². The lowest BCUT2D eigenvalue weighted by Gasteiger charge is -2.31. The van der Waals surface area contributed by atoms with Crippen LogP contribution in [0.3, 0.4) is 0 Å². The first-order chi connectivity index (χ1) is 12.7. The molecule has 3 atom stereocenters. The molecule has 3 aliphatic rings. The molecule has 2 fully saturated rings. The molecule has 1 saturated carbocycles. The molecule has 7 nitrogen and oxygen atoms in total. The Morgan fingerprint density at radius 1 is 1.27 bits per heavy atom. The Hall–Kier alpha value is -1.89. The van der Waals surface area contributed by atoms with Gasteiger partial charge in [0.25, 0.3) is 0 Å². The zero-order valence-corrected chi connectivity index (χ0v) is 15.5. The highest BCUT2D eigenvalue weighted by atomic mass is 16.3. The molecule has 3 unspecified atom stereocenters. The normalized spacial score (nSPS) is 28.1. The van der Waals surface area contributed by atoms with Crippen molar-refractivity contribution in [3.63, 3.8) is 0 Å². The van der Waals surface area contributed by atoms with Crippen LogP contribution in [0.4, 0.5) is 4.79 Å². The lowest BCUT2D eigenvalue weighted by Crippen LogP contribution is -2.44. The van der Waals surface area contributed by atoms with Crippen LogP contribution in [0.5, 0.6) is 0 Å². The van der Waals surface area contributed by atoms with E-state index in [1.54, 1.807) is 0 Å². The maximum absolute atomic E-state index is 12.4. The summed E-state index contributed by atoms with van der Waals surface area (Å²) in [6, 6.07) is 0.0659. The minimum atomic E-state index is -0.0941. The molecular weight excluding hydrogens is 330 g/mol. The van der Waals surface area contributed by atoms with E-state index in [2.05, 4.69) is 27.7 Å². The standard InChI is InChI=1S/C19H29N5O2/c1-23-17(12-25)21-22-18(23)14-5-8-24(9-6-14)19(26)20-7-4-16-11-13-2-3-15(16)10-13/h2-3,13-16,25H,4-12H2,1H3,(H,20,26). The molecule has 2 bridgehead atoms. The highest BCUT2D eigenvalue weighted by molar-refractivity contribution is 5.74. The van der Waals surface area contributed by atoms with E-state index < -0.39 is 0 Å². The van der Waals surface area contributed by atoms with Crippen molar-refractivity contribution in [1.82, 2.24) is 25.0 Å². The van der Waals surface area contributed by atoms with Gasteiger partial charge in [0.2, 0.25) is 0 Å². The van der Waals surface area contributed by atoms with Crippen LogP contribution in [0.2, 0.25) is 0 Å². The Balaban J connectivity index is 1.21. The molecule has 1 saturated heterocycles. The Morgan fingerprint density at radius 2 is 2.08 bits per heavy atom. The number of hydrogen-bond donors (Lipinski definition) is 2. The molecule has 7 heteroatoms. The van der Waals surface area contributed by atoms with Crippen molar-refractivity contribution in [2.24, 2.45) is 24.8 Å². The predicted octanol–water partition coefficient (Wildman–Crippen LogP) is 1.80. The topological polar surface area (TPSA) is 83.3 Å². The van der Waals surface area contributed by atoms with Crippen molar-refractivity contribution in [3.8, 4) is 0 Å². The monoisotopic (exact) mass is 359 g/mol. The Morgan fingerprint density at radius 3 is 2.69 bits per heavy atom. The second-order valence-electron chi connectivity index (χ2n) is 8.01. The van der Waals surface area contributed by atoms with Crippen LogP contribution in [0.25, 0.3) is 0 Å². The van der Waals surface area contributed by atoms with Crippen LogP contribution >= 0.6 is 0 Å². The van der Waals surface area contributed by atoms with Gasteiger partial charge in [0.05, 0.1) is 0 Å². The molecule has 2 amide bonds. The Bertz CT molecular complexity index is 677. The van der Waals surface area contributed by atoms with E-state index >= 15 is 0 Å². The van der Waals surface area contributed by atoms with Crippen molar-refractivity contribution in [2.75, 3.05) is 19.6 Å². The number of carbonyl (C=O) groups is 1. The number of urea groups is 1. The minimum Gasteiger partial charge on any atom is -0.388 e. The van der Waals surface area contributed by atoms with E-state index in [1.807, 2.05) is 16.5 Å². The summed E-state index contributed by atoms with van der Waals surface area (Å²) in [6.07, 6.45) is 10.2. The summed E-state index contributed by atoms with van der Waals surface area (Å²) in [7, 11) is 1.89. The summed E-state index contributed by atoms with van der Waals surface area (Å²) < 4.78 is 1.88. The molecule has 1 aromatic rings. The lowest BCUT2D eigenvalue weighted by atomic mass is 9.91. The van der Waals surface area contributed by atoms with Gasteiger partial charge in [-0.15, -0.1) is 10.2 Å². The fourth-order valence-corrected chi connectivity index (χ4v) is 4.91. The molecule has 1 aromatic heterocycles. The number of hydrogen-bond acceptors (Lipinski definition) is 4. The van der Waals surface area contributed by atoms with Gasteiger partial charge in [-0.3, -0.25) is 0 Å². The zero-order valence-electron chi connectivity index (χ0n) is 15.5. The van der Waals surface area contributed by atoms with Gasteiger partial charge in [-0.2, -0.15) is 0 Å². The summed E-state index contributed by atoms with van der Waals surface area (Å²) >= 11 is 0. The first kappa shape index (κ1) is 17.5. The third kappa shape index (κ3) is 3.37. The van der Waals surface area contributed by atoms with E-state index in [-0.39, 0.29) is 12.6 Å². The summed E-state index contributed by atoms with van der Waals surface area (Å²) in [5.74, 6) is 4.12. The van der Waals surface area contributed by atoms with Crippen LogP contribution in [0.15, 0.2) is 12.2 Å². The number of fused-ring (bicyclic) bond motifs is 2. The number of nitrogens with zero attached hydrogens (tertiary/aromatic N) is 4. The molecule has 26 heavy (non-hydrogen) atoms. The average Bonchev–Trinajstić information content (AvgIpc) is 3.37. The molecule has 4 rings (SSSR count). The number of aliphatic hydroxyl groups excluding tert-OH is 1. The van der Waals surface area contributed by atoms with Crippen LogP contribution in [-0.2, 0) is 13.7 Å². The van der Waals surface area contributed by atoms with Crippen molar-refractivity contribution in [1.29, 1.82) is 0 Å². The van der Waals surface area contributed by atoms with Gasteiger partial charge < -0.3 is 19.9 Å². The first-order valence-corrected chi connectivity index (χ1v) is 9.85. The molecule has 0 radical (unpaired) electrons. The van der Waals surface area contributed by atoms with Crippen molar-refractivity contribution in [2.45, 2.75) is 44.6 Å². The van der Waals surface area contributed by atoms with Gasteiger partial charge in [-0.25, -0.2) is 4.79 Å². The number of nitrogens with one attached hydrogen (secondary N) is 1. The second-order valence-corrected chi connectivity index (χ2v) is 8.01. The van der Waals surface area contributed by atoms with E-state index in [9.17, 15) is 9.90 Å².